The van der Waals surface area contributed by atoms with E-state index >= 15 is 0 Å². The van der Waals surface area contributed by atoms with Gasteiger partial charge >= 0.3 is 0 Å². The normalized spacial score (nSPS) is 17.2. The van der Waals surface area contributed by atoms with E-state index in [1.54, 1.807) is 0 Å². The molecule has 0 aliphatic heterocycles. The number of alkyl halides is 1. The summed E-state index contributed by atoms with van der Waals surface area (Å²) in [7, 11) is -0.721. The molecular weight excluding hydrogens is 203 g/mol. The highest BCUT2D eigenvalue weighted by atomic mass is 79.9. The van der Waals surface area contributed by atoms with Gasteiger partial charge in [0, 0.05) is 24.8 Å². The molecule has 0 amide bonds. The van der Waals surface area contributed by atoms with Crippen molar-refractivity contribution in [2.24, 2.45) is 0 Å². The fourth-order valence-electron chi connectivity index (χ4n) is 0.507. The standard InChI is InChI=1S/C5H12BrO2P/c1-3-9(7,8-2)5-4-6/h3-5H2,1-2H3. The molecule has 0 aromatic rings. The molecule has 0 aromatic heterocycles. The Labute approximate surface area is 64.6 Å². The largest absolute Gasteiger partial charge is 0.332 e. The molecule has 0 saturated carbocycles. The van der Waals surface area contributed by atoms with Gasteiger partial charge in [0.2, 0.25) is 7.37 Å². The third-order valence-corrected chi connectivity index (χ3v) is 4.78. The zero-order valence-corrected chi connectivity index (χ0v) is 8.24. The van der Waals surface area contributed by atoms with Gasteiger partial charge in [-0.1, -0.05) is 22.9 Å². The summed E-state index contributed by atoms with van der Waals surface area (Å²) in [6, 6.07) is 0. The van der Waals surface area contributed by atoms with Crippen molar-refractivity contribution in [2.45, 2.75) is 6.92 Å². The lowest BCUT2D eigenvalue weighted by Crippen LogP contribution is -1.95. The van der Waals surface area contributed by atoms with E-state index in [-0.39, 0.29) is 0 Å². The van der Waals surface area contributed by atoms with Gasteiger partial charge in [-0.25, -0.2) is 0 Å². The minimum Gasteiger partial charge on any atom is -0.332 e. The van der Waals surface area contributed by atoms with Crippen molar-refractivity contribution < 1.29 is 9.09 Å². The maximum Gasteiger partial charge on any atom is 0.203 e. The van der Waals surface area contributed by atoms with E-state index in [4.69, 9.17) is 4.52 Å². The van der Waals surface area contributed by atoms with E-state index in [0.717, 1.165) is 5.33 Å². The second kappa shape index (κ2) is 4.48. The Hall–Kier alpha value is 0.670. The molecule has 0 bridgehead atoms. The van der Waals surface area contributed by atoms with Crippen LogP contribution >= 0.6 is 23.3 Å². The summed E-state index contributed by atoms with van der Waals surface area (Å²) in [4.78, 5) is 0. The molecule has 0 aromatic carbocycles. The highest BCUT2D eigenvalue weighted by Gasteiger charge is 2.16. The van der Waals surface area contributed by atoms with E-state index in [0.29, 0.717) is 12.3 Å². The minimum absolute atomic E-state index is 0.634. The molecule has 0 N–H and O–H groups in total. The van der Waals surface area contributed by atoms with Gasteiger partial charge in [0.25, 0.3) is 0 Å². The van der Waals surface area contributed by atoms with E-state index in [9.17, 15) is 4.57 Å². The maximum atomic E-state index is 11.3. The van der Waals surface area contributed by atoms with Crippen LogP contribution in [0.15, 0.2) is 0 Å². The third-order valence-electron chi connectivity index (χ3n) is 1.24. The lowest BCUT2D eigenvalue weighted by molar-refractivity contribution is 0.396. The van der Waals surface area contributed by atoms with Crippen molar-refractivity contribution in [1.29, 1.82) is 0 Å². The average Bonchev–Trinajstić information content (AvgIpc) is 1.89. The Kier molecular flexibility index (Phi) is 4.81. The molecule has 1 atom stereocenters. The Morgan fingerprint density at radius 3 is 2.33 bits per heavy atom. The number of hydrogen-bond acceptors (Lipinski definition) is 2. The van der Waals surface area contributed by atoms with Crippen LogP contribution in [0, 0.1) is 0 Å². The molecular formula is C5H12BrO2P. The summed E-state index contributed by atoms with van der Waals surface area (Å²) < 4.78 is 16.2. The van der Waals surface area contributed by atoms with Crippen molar-refractivity contribution in [1.82, 2.24) is 0 Å². The molecule has 0 saturated heterocycles. The smallest absolute Gasteiger partial charge is 0.203 e. The van der Waals surface area contributed by atoms with Crippen molar-refractivity contribution in [3.63, 3.8) is 0 Å². The Balaban J connectivity index is 3.78. The lowest BCUT2D eigenvalue weighted by Gasteiger charge is -2.10. The van der Waals surface area contributed by atoms with Crippen LogP contribution in [0.1, 0.15) is 6.92 Å². The van der Waals surface area contributed by atoms with Gasteiger partial charge in [-0.3, -0.25) is 4.57 Å². The Morgan fingerprint density at radius 1 is 1.67 bits per heavy atom. The van der Waals surface area contributed by atoms with Gasteiger partial charge in [-0.05, 0) is 0 Å². The zero-order chi connectivity index (χ0) is 7.33. The molecule has 2 nitrogen and oxygen atoms in total. The first-order valence-electron chi connectivity index (χ1n) is 2.88. The SMILES string of the molecule is CCP(=O)(CCBr)OC. The number of halogens is 1. The topological polar surface area (TPSA) is 26.3 Å². The quantitative estimate of drug-likeness (QED) is 0.531. The second-order valence-electron chi connectivity index (χ2n) is 1.73. The van der Waals surface area contributed by atoms with Gasteiger partial charge in [0.1, 0.15) is 0 Å². The molecule has 0 aliphatic rings. The predicted octanol–water partition coefficient (Wildman–Crippen LogP) is 2.33. The van der Waals surface area contributed by atoms with Gasteiger partial charge in [0.15, 0.2) is 0 Å². The number of hydrogen-bond donors (Lipinski definition) is 0. The first-order chi connectivity index (χ1) is 4.18. The van der Waals surface area contributed by atoms with Gasteiger partial charge in [-0.2, -0.15) is 0 Å². The highest BCUT2D eigenvalue weighted by molar-refractivity contribution is 9.09. The molecule has 4 heteroatoms. The van der Waals surface area contributed by atoms with Crippen LogP contribution in [0.2, 0.25) is 0 Å². The van der Waals surface area contributed by atoms with Crippen molar-refractivity contribution in [3.8, 4) is 0 Å². The fourth-order valence-corrected chi connectivity index (χ4v) is 3.14. The first-order valence-corrected chi connectivity index (χ1v) is 6.00. The van der Waals surface area contributed by atoms with Crippen LogP contribution in [-0.2, 0) is 9.09 Å². The summed E-state index contributed by atoms with van der Waals surface area (Å²) in [5.74, 6) is 0. The van der Waals surface area contributed by atoms with Crippen molar-refractivity contribution >= 4 is 23.3 Å². The molecule has 1 unspecified atom stereocenters. The summed E-state index contributed by atoms with van der Waals surface area (Å²) in [6.45, 7) is 1.88. The molecule has 0 aliphatic carbocycles. The fraction of sp³-hybridized carbons (Fsp3) is 1.00. The summed E-state index contributed by atoms with van der Waals surface area (Å²) >= 11 is 3.21. The van der Waals surface area contributed by atoms with Gasteiger partial charge in [-0.15, -0.1) is 0 Å². The third kappa shape index (κ3) is 3.39. The second-order valence-corrected chi connectivity index (χ2v) is 5.59. The monoisotopic (exact) mass is 214 g/mol. The van der Waals surface area contributed by atoms with Gasteiger partial charge < -0.3 is 4.52 Å². The van der Waals surface area contributed by atoms with E-state index in [1.165, 1.54) is 7.11 Å². The van der Waals surface area contributed by atoms with Crippen LogP contribution in [-0.4, -0.2) is 24.8 Å². The van der Waals surface area contributed by atoms with Crippen LogP contribution < -0.4 is 0 Å². The highest BCUT2D eigenvalue weighted by Crippen LogP contribution is 2.45. The summed E-state index contributed by atoms with van der Waals surface area (Å²) in [5, 5.41) is 0.756. The predicted molar refractivity (Wildman–Crippen MR) is 43.8 cm³/mol. The molecule has 0 radical (unpaired) electrons. The van der Waals surface area contributed by atoms with E-state index < -0.39 is 7.37 Å². The molecule has 0 heterocycles. The summed E-state index contributed by atoms with van der Waals surface area (Å²) in [6.07, 6.45) is 1.27. The Bertz CT molecular complexity index is 108. The first kappa shape index (κ1) is 9.67. The van der Waals surface area contributed by atoms with E-state index in [2.05, 4.69) is 15.9 Å². The van der Waals surface area contributed by atoms with Crippen LogP contribution in [0.3, 0.4) is 0 Å². The average molecular weight is 215 g/mol. The minimum atomic E-state index is -2.23. The number of rotatable bonds is 4. The molecule has 0 fully saturated rings. The van der Waals surface area contributed by atoms with Crippen LogP contribution in [0.5, 0.6) is 0 Å². The molecule has 9 heavy (non-hydrogen) atoms. The molecule has 56 valence electrons. The van der Waals surface area contributed by atoms with E-state index in [1.807, 2.05) is 6.92 Å². The molecule has 0 spiro atoms. The van der Waals surface area contributed by atoms with Crippen LogP contribution in [0.25, 0.3) is 0 Å². The Morgan fingerprint density at radius 2 is 2.22 bits per heavy atom. The van der Waals surface area contributed by atoms with Crippen molar-refractivity contribution in [2.75, 3.05) is 24.8 Å². The zero-order valence-electron chi connectivity index (χ0n) is 5.76. The maximum absolute atomic E-state index is 11.3. The summed E-state index contributed by atoms with van der Waals surface area (Å²) in [5.41, 5.74) is 0. The van der Waals surface area contributed by atoms with Crippen molar-refractivity contribution in [3.05, 3.63) is 0 Å². The van der Waals surface area contributed by atoms with Crippen LogP contribution in [0.4, 0.5) is 0 Å². The van der Waals surface area contributed by atoms with Gasteiger partial charge in [0.05, 0.1) is 0 Å². The lowest BCUT2D eigenvalue weighted by atomic mass is 11.0. The molecule has 0 rings (SSSR count).